The Morgan fingerprint density at radius 3 is 0.774 bits per heavy atom. The van der Waals surface area contributed by atoms with E-state index in [1.54, 1.807) is 11.8 Å². The van der Waals surface area contributed by atoms with Crippen molar-refractivity contribution < 1.29 is 0 Å². The van der Waals surface area contributed by atoms with Gasteiger partial charge in [0.25, 0.3) is 0 Å². The molecule has 0 aliphatic heterocycles. The average Bonchev–Trinajstić information content (AvgIpc) is 2.71. The quantitative estimate of drug-likeness (QED) is 0.307. The fraction of sp³-hybridized carbons (Fsp3) is 0.200. The zero-order valence-corrected chi connectivity index (χ0v) is 14.8. The first-order valence-corrected chi connectivity index (χ1v) is 9.12. The van der Waals surface area contributed by atoms with E-state index < -0.39 is 0 Å². The summed E-state index contributed by atoms with van der Waals surface area (Å²) < 4.78 is 0. The van der Waals surface area contributed by atoms with Crippen LogP contribution in [0.2, 0.25) is 0 Å². The molecular formula is C30H44S. The van der Waals surface area contributed by atoms with Gasteiger partial charge in [0, 0.05) is 9.79 Å². The van der Waals surface area contributed by atoms with Crippen LogP contribution in [0.5, 0.6) is 0 Å². The van der Waals surface area contributed by atoms with E-state index >= 15 is 0 Å². The summed E-state index contributed by atoms with van der Waals surface area (Å²) in [6.45, 7) is 0. The van der Waals surface area contributed by atoms with Crippen molar-refractivity contribution in [2.24, 2.45) is 0 Å². The van der Waals surface area contributed by atoms with E-state index in [4.69, 9.17) is 0 Å². The largest absolute Gasteiger partial charge is 0.0901 e. The summed E-state index contributed by atoms with van der Waals surface area (Å²) in [5.74, 6) is 0. The second kappa shape index (κ2) is 20.5. The third kappa shape index (κ3) is 12.5. The lowest BCUT2D eigenvalue weighted by Gasteiger charge is -1.99. The molecule has 0 atom stereocenters. The highest BCUT2D eigenvalue weighted by Gasteiger charge is 1.93. The minimum Gasteiger partial charge on any atom is -0.0901 e. The van der Waals surface area contributed by atoms with Crippen LogP contribution in [0.25, 0.3) is 11.1 Å². The maximum Gasteiger partial charge on any atom is 0.0122 e. The zero-order valence-electron chi connectivity index (χ0n) is 14.0. The number of benzene rings is 4. The van der Waals surface area contributed by atoms with Gasteiger partial charge < -0.3 is 0 Å². The van der Waals surface area contributed by atoms with Gasteiger partial charge in [-0.2, -0.15) is 0 Å². The second-order valence-electron chi connectivity index (χ2n) is 5.46. The molecule has 0 aliphatic rings. The minimum absolute atomic E-state index is 0. The van der Waals surface area contributed by atoms with Crippen molar-refractivity contribution >= 4 is 11.8 Å². The molecule has 0 spiro atoms. The average molecular weight is 437 g/mol. The van der Waals surface area contributed by atoms with Crippen molar-refractivity contribution in [3.63, 3.8) is 0 Å². The fourth-order valence-electron chi connectivity index (χ4n) is 2.37. The summed E-state index contributed by atoms with van der Waals surface area (Å²) in [6, 6.07) is 41.6. The smallest absolute Gasteiger partial charge is 0.0122 e. The summed E-state index contributed by atoms with van der Waals surface area (Å²) in [5.41, 5.74) is 2.55. The standard InChI is InChI=1S/C12H10S.C12H10.6CH4/c1-3-7-11(8-4-1)13-12-9-5-2-6-10-12;1-3-7-11(8-4-1)12-9-5-2-6-10-12;;;;;;/h1-10H;1-10H;6*1H4. The van der Waals surface area contributed by atoms with Gasteiger partial charge in [-0.05, 0) is 35.4 Å². The number of hydrogen-bond donors (Lipinski definition) is 0. The third-order valence-corrected chi connectivity index (χ3v) is 4.62. The summed E-state index contributed by atoms with van der Waals surface area (Å²) >= 11 is 1.79. The molecule has 4 aromatic carbocycles. The lowest BCUT2D eigenvalue weighted by Crippen LogP contribution is -1.73. The van der Waals surface area contributed by atoms with E-state index in [1.165, 1.54) is 20.9 Å². The zero-order chi connectivity index (χ0) is 17.2. The first-order valence-electron chi connectivity index (χ1n) is 8.30. The molecule has 0 aliphatic carbocycles. The second-order valence-corrected chi connectivity index (χ2v) is 6.61. The van der Waals surface area contributed by atoms with Crippen molar-refractivity contribution in [3.05, 3.63) is 121 Å². The Hall–Kier alpha value is -2.77. The van der Waals surface area contributed by atoms with Crippen molar-refractivity contribution in [3.8, 4) is 11.1 Å². The van der Waals surface area contributed by atoms with Gasteiger partial charge in [-0.15, -0.1) is 0 Å². The summed E-state index contributed by atoms with van der Waals surface area (Å²) in [7, 11) is 0. The Bertz CT molecular complexity index is 767. The van der Waals surface area contributed by atoms with Gasteiger partial charge in [-0.3, -0.25) is 0 Å². The molecule has 0 aromatic heterocycles. The first-order chi connectivity index (χ1) is 12.4. The normalized spacial score (nSPS) is 7.87. The van der Waals surface area contributed by atoms with Gasteiger partial charge in [-0.1, -0.05) is 153 Å². The van der Waals surface area contributed by atoms with Crippen LogP contribution in [-0.2, 0) is 0 Å². The third-order valence-electron chi connectivity index (χ3n) is 3.60. The molecule has 0 amide bonds. The highest BCUT2D eigenvalue weighted by Crippen LogP contribution is 2.26. The Balaban J connectivity index is -0.000000197. The van der Waals surface area contributed by atoms with Crippen molar-refractivity contribution in [1.29, 1.82) is 0 Å². The highest BCUT2D eigenvalue weighted by atomic mass is 32.2. The molecule has 0 saturated heterocycles. The van der Waals surface area contributed by atoms with Crippen molar-refractivity contribution in [2.75, 3.05) is 0 Å². The van der Waals surface area contributed by atoms with Crippen LogP contribution in [0.3, 0.4) is 0 Å². The monoisotopic (exact) mass is 436 g/mol. The molecule has 0 nitrogen and oxygen atoms in total. The molecule has 0 saturated carbocycles. The highest BCUT2D eigenvalue weighted by molar-refractivity contribution is 7.99. The molecule has 4 rings (SSSR count). The lowest BCUT2D eigenvalue weighted by molar-refractivity contribution is 1.41. The van der Waals surface area contributed by atoms with Crippen LogP contribution in [0.15, 0.2) is 131 Å². The van der Waals surface area contributed by atoms with E-state index in [0.717, 1.165) is 0 Å². The SMILES string of the molecule is C.C.C.C.C.C.c1ccc(-c2ccccc2)cc1.c1ccc(Sc2ccccc2)cc1. The van der Waals surface area contributed by atoms with Crippen LogP contribution >= 0.6 is 11.8 Å². The van der Waals surface area contributed by atoms with Crippen LogP contribution in [0, 0.1) is 0 Å². The maximum atomic E-state index is 2.12. The molecule has 4 aromatic rings. The summed E-state index contributed by atoms with van der Waals surface area (Å²) in [4.78, 5) is 2.57. The van der Waals surface area contributed by atoms with E-state index in [-0.39, 0.29) is 44.6 Å². The minimum atomic E-state index is 0. The molecule has 170 valence electrons. The Kier molecular flexibility index (Phi) is 23.6. The summed E-state index contributed by atoms with van der Waals surface area (Å²) in [5, 5.41) is 0. The van der Waals surface area contributed by atoms with Gasteiger partial charge in [0.15, 0.2) is 0 Å². The molecule has 0 N–H and O–H groups in total. The van der Waals surface area contributed by atoms with Gasteiger partial charge >= 0.3 is 0 Å². The van der Waals surface area contributed by atoms with Crippen molar-refractivity contribution in [1.82, 2.24) is 0 Å². The fourth-order valence-corrected chi connectivity index (χ4v) is 3.23. The Labute approximate surface area is 198 Å². The summed E-state index contributed by atoms with van der Waals surface area (Å²) in [6.07, 6.45) is 0. The van der Waals surface area contributed by atoms with Gasteiger partial charge in [0.1, 0.15) is 0 Å². The molecule has 0 heterocycles. The molecule has 0 unspecified atom stereocenters. The first kappa shape index (κ1) is 35.7. The Morgan fingerprint density at radius 1 is 0.290 bits per heavy atom. The van der Waals surface area contributed by atoms with Crippen molar-refractivity contribution in [2.45, 2.75) is 54.4 Å². The molecule has 0 fully saturated rings. The van der Waals surface area contributed by atoms with Gasteiger partial charge in [0.2, 0.25) is 0 Å². The molecule has 0 radical (unpaired) electrons. The van der Waals surface area contributed by atoms with Crippen LogP contribution in [0.1, 0.15) is 44.6 Å². The maximum absolute atomic E-state index is 2.12. The van der Waals surface area contributed by atoms with Gasteiger partial charge in [-0.25, -0.2) is 0 Å². The molecule has 1 heteroatoms. The predicted octanol–water partition coefficient (Wildman–Crippen LogP) is 11.0. The van der Waals surface area contributed by atoms with Gasteiger partial charge in [0.05, 0.1) is 0 Å². The van der Waals surface area contributed by atoms with E-state index in [1.807, 2.05) is 24.3 Å². The number of hydrogen-bond acceptors (Lipinski definition) is 1. The van der Waals surface area contributed by atoms with Crippen LogP contribution in [-0.4, -0.2) is 0 Å². The van der Waals surface area contributed by atoms with Crippen LogP contribution < -0.4 is 0 Å². The number of rotatable bonds is 3. The van der Waals surface area contributed by atoms with E-state index in [2.05, 4.69) is 97.1 Å². The predicted molar refractivity (Wildman–Crippen MR) is 149 cm³/mol. The van der Waals surface area contributed by atoms with E-state index in [0.29, 0.717) is 0 Å². The molecular weight excluding hydrogens is 392 g/mol. The Morgan fingerprint density at radius 2 is 0.516 bits per heavy atom. The molecule has 0 bridgehead atoms. The van der Waals surface area contributed by atoms with E-state index in [9.17, 15) is 0 Å². The topological polar surface area (TPSA) is 0 Å². The van der Waals surface area contributed by atoms with Crippen LogP contribution in [0.4, 0.5) is 0 Å². The molecule has 31 heavy (non-hydrogen) atoms. The lowest BCUT2D eigenvalue weighted by atomic mass is 10.1.